The van der Waals surface area contributed by atoms with Crippen LogP contribution in [-0.4, -0.2) is 30.0 Å². The highest BCUT2D eigenvalue weighted by Gasteiger charge is 2.05. The first-order valence-corrected chi connectivity index (χ1v) is 7.07. The van der Waals surface area contributed by atoms with E-state index in [4.69, 9.17) is 0 Å². The fraction of sp³-hybridized carbons (Fsp3) is 0.235. The van der Waals surface area contributed by atoms with Crippen molar-refractivity contribution in [2.45, 2.75) is 13.5 Å². The standard InChI is InChI=1S/C17H20N4O/c1-13-11-15(20-17(19-13)21(2)3)12-18-16(22)10-9-14-7-5-4-6-8-14/h4-11H,12H2,1-3H3,(H,18,22)/b10-9+. The molecule has 0 unspecified atom stereocenters. The molecule has 5 nitrogen and oxygen atoms in total. The molecular weight excluding hydrogens is 276 g/mol. The maximum atomic E-state index is 11.8. The van der Waals surface area contributed by atoms with Gasteiger partial charge in [-0.05, 0) is 24.6 Å². The molecule has 22 heavy (non-hydrogen) atoms. The Morgan fingerprint density at radius 1 is 1.23 bits per heavy atom. The molecule has 5 heteroatoms. The summed E-state index contributed by atoms with van der Waals surface area (Å²) in [5, 5.41) is 2.83. The van der Waals surface area contributed by atoms with Crippen LogP contribution in [0.25, 0.3) is 6.08 Å². The SMILES string of the molecule is Cc1cc(CNC(=O)/C=C/c2ccccc2)nc(N(C)C)n1. The minimum Gasteiger partial charge on any atom is -0.347 e. The molecular formula is C17H20N4O. The van der Waals surface area contributed by atoms with Crippen LogP contribution in [0, 0.1) is 6.92 Å². The quantitative estimate of drug-likeness (QED) is 0.859. The van der Waals surface area contributed by atoms with Gasteiger partial charge in [-0.1, -0.05) is 30.3 Å². The summed E-state index contributed by atoms with van der Waals surface area (Å²) in [5.74, 6) is 0.496. The number of benzene rings is 1. The molecule has 114 valence electrons. The van der Waals surface area contributed by atoms with Gasteiger partial charge >= 0.3 is 0 Å². The molecule has 0 fully saturated rings. The Labute approximate surface area is 130 Å². The number of amides is 1. The molecule has 0 saturated carbocycles. The molecule has 2 aromatic rings. The number of carbonyl (C=O) groups excluding carboxylic acids is 1. The van der Waals surface area contributed by atoms with Crippen molar-refractivity contribution in [1.29, 1.82) is 0 Å². The Morgan fingerprint density at radius 3 is 2.64 bits per heavy atom. The lowest BCUT2D eigenvalue weighted by Gasteiger charge is -2.12. The van der Waals surface area contributed by atoms with Gasteiger partial charge in [-0.25, -0.2) is 9.97 Å². The summed E-state index contributed by atoms with van der Waals surface area (Å²) in [4.78, 5) is 22.4. The van der Waals surface area contributed by atoms with Crippen LogP contribution in [-0.2, 0) is 11.3 Å². The molecule has 0 spiro atoms. The van der Waals surface area contributed by atoms with E-state index in [0.29, 0.717) is 12.5 Å². The first-order valence-electron chi connectivity index (χ1n) is 7.07. The highest BCUT2D eigenvalue weighted by Crippen LogP contribution is 2.07. The molecule has 0 atom stereocenters. The molecule has 1 amide bonds. The number of rotatable bonds is 5. The highest BCUT2D eigenvalue weighted by molar-refractivity contribution is 5.91. The van der Waals surface area contributed by atoms with Gasteiger partial charge in [0.1, 0.15) is 0 Å². The summed E-state index contributed by atoms with van der Waals surface area (Å²) >= 11 is 0. The van der Waals surface area contributed by atoms with Gasteiger partial charge in [0.05, 0.1) is 12.2 Å². The smallest absolute Gasteiger partial charge is 0.244 e. The number of hydrogen-bond donors (Lipinski definition) is 1. The normalized spacial score (nSPS) is 10.7. The van der Waals surface area contributed by atoms with Crippen molar-refractivity contribution in [3.05, 3.63) is 59.4 Å². The molecule has 1 aromatic heterocycles. The molecule has 1 aromatic carbocycles. The fourth-order valence-corrected chi connectivity index (χ4v) is 1.88. The third-order valence-corrected chi connectivity index (χ3v) is 2.97. The van der Waals surface area contributed by atoms with Crippen molar-refractivity contribution in [1.82, 2.24) is 15.3 Å². The second-order valence-corrected chi connectivity index (χ2v) is 5.16. The lowest BCUT2D eigenvalue weighted by Crippen LogP contribution is -2.22. The number of nitrogens with zero attached hydrogens (tertiary/aromatic N) is 3. The predicted octanol–water partition coefficient (Wildman–Crippen LogP) is 2.18. The van der Waals surface area contributed by atoms with Gasteiger partial charge in [-0.15, -0.1) is 0 Å². The second-order valence-electron chi connectivity index (χ2n) is 5.16. The Hall–Kier alpha value is -2.69. The van der Waals surface area contributed by atoms with E-state index >= 15 is 0 Å². The van der Waals surface area contributed by atoms with Crippen LogP contribution in [0.15, 0.2) is 42.5 Å². The molecule has 1 N–H and O–H groups in total. The number of carbonyl (C=O) groups is 1. The molecule has 0 radical (unpaired) electrons. The zero-order valence-electron chi connectivity index (χ0n) is 13.1. The lowest BCUT2D eigenvalue weighted by molar-refractivity contribution is -0.116. The molecule has 0 aliphatic rings. The van der Waals surface area contributed by atoms with Gasteiger partial charge in [-0.2, -0.15) is 0 Å². The zero-order valence-corrected chi connectivity index (χ0v) is 13.1. The summed E-state index contributed by atoms with van der Waals surface area (Å²) in [5.41, 5.74) is 2.66. The Bertz CT molecular complexity index is 666. The third kappa shape index (κ3) is 4.70. The van der Waals surface area contributed by atoms with Crippen LogP contribution in [0.1, 0.15) is 17.0 Å². The fourth-order valence-electron chi connectivity index (χ4n) is 1.88. The summed E-state index contributed by atoms with van der Waals surface area (Å²) in [7, 11) is 3.78. The van der Waals surface area contributed by atoms with Crippen LogP contribution in [0.2, 0.25) is 0 Å². The zero-order chi connectivity index (χ0) is 15.9. The van der Waals surface area contributed by atoms with Gasteiger partial charge in [0.15, 0.2) is 0 Å². The maximum Gasteiger partial charge on any atom is 0.244 e. The average molecular weight is 296 g/mol. The molecule has 2 rings (SSSR count). The predicted molar refractivity (Wildman–Crippen MR) is 88.4 cm³/mol. The number of aromatic nitrogens is 2. The van der Waals surface area contributed by atoms with Crippen LogP contribution in [0.5, 0.6) is 0 Å². The van der Waals surface area contributed by atoms with Gasteiger partial charge in [0, 0.05) is 25.9 Å². The first-order chi connectivity index (χ1) is 10.5. The molecule has 0 aliphatic heterocycles. The lowest BCUT2D eigenvalue weighted by atomic mass is 10.2. The van der Waals surface area contributed by atoms with Crippen LogP contribution < -0.4 is 10.2 Å². The van der Waals surface area contributed by atoms with E-state index in [0.717, 1.165) is 17.0 Å². The van der Waals surface area contributed by atoms with Crippen LogP contribution >= 0.6 is 0 Å². The largest absolute Gasteiger partial charge is 0.347 e. The summed E-state index contributed by atoms with van der Waals surface area (Å²) < 4.78 is 0. The van der Waals surface area contributed by atoms with Gasteiger partial charge < -0.3 is 10.2 Å². The molecule has 0 saturated heterocycles. The van der Waals surface area contributed by atoms with Crippen LogP contribution in [0.3, 0.4) is 0 Å². The minimum atomic E-state index is -0.147. The van der Waals surface area contributed by atoms with Gasteiger partial charge in [-0.3, -0.25) is 4.79 Å². The van der Waals surface area contributed by atoms with Gasteiger partial charge in [0.2, 0.25) is 11.9 Å². The van der Waals surface area contributed by atoms with E-state index in [1.54, 1.807) is 6.08 Å². The van der Waals surface area contributed by atoms with E-state index in [-0.39, 0.29) is 5.91 Å². The maximum absolute atomic E-state index is 11.8. The Kier molecular flexibility index (Phi) is 5.25. The summed E-state index contributed by atoms with van der Waals surface area (Å²) in [6.07, 6.45) is 3.31. The number of hydrogen-bond acceptors (Lipinski definition) is 4. The van der Waals surface area contributed by atoms with Crippen molar-refractivity contribution < 1.29 is 4.79 Å². The van der Waals surface area contributed by atoms with Crippen molar-refractivity contribution in [3.8, 4) is 0 Å². The Morgan fingerprint density at radius 2 is 1.95 bits per heavy atom. The number of nitrogens with one attached hydrogen (secondary N) is 1. The average Bonchev–Trinajstić information content (AvgIpc) is 2.51. The number of anilines is 1. The minimum absolute atomic E-state index is 0.147. The monoisotopic (exact) mass is 296 g/mol. The van der Waals surface area contributed by atoms with E-state index in [9.17, 15) is 4.79 Å². The molecule has 0 bridgehead atoms. The molecule has 0 aliphatic carbocycles. The molecule has 1 heterocycles. The second kappa shape index (κ2) is 7.36. The van der Waals surface area contributed by atoms with E-state index in [1.165, 1.54) is 6.08 Å². The van der Waals surface area contributed by atoms with Crippen molar-refractivity contribution in [2.75, 3.05) is 19.0 Å². The third-order valence-electron chi connectivity index (χ3n) is 2.97. The Balaban J connectivity index is 1.95. The highest BCUT2D eigenvalue weighted by atomic mass is 16.1. The van der Waals surface area contributed by atoms with Crippen molar-refractivity contribution in [3.63, 3.8) is 0 Å². The van der Waals surface area contributed by atoms with E-state index in [2.05, 4.69) is 15.3 Å². The number of aryl methyl sites for hydroxylation is 1. The summed E-state index contributed by atoms with van der Waals surface area (Å²) in [6, 6.07) is 11.6. The van der Waals surface area contributed by atoms with E-state index in [1.807, 2.05) is 62.3 Å². The summed E-state index contributed by atoms with van der Waals surface area (Å²) in [6.45, 7) is 2.29. The van der Waals surface area contributed by atoms with Crippen molar-refractivity contribution in [2.24, 2.45) is 0 Å². The topological polar surface area (TPSA) is 58.1 Å². The van der Waals surface area contributed by atoms with E-state index < -0.39 is 0 Å². The van der Waals surface area contributed by atoms with Crippen molar-refractivity contribution >= 4 is 17.9 Å². The van der Waals surface area contributed by atoms with Crippen LogP contribution in [0.4, 0.5) is 5.95 Å². The van der Waals surface area contributed by atoms with Gasteiger partial charge in [0.25, 0.3) is 0 Å². The first kappa shape index (κ1) is 15.7.